The quantitative estimate of drug-likeness (QED) is 0.738. The minimum atomic E-state index is 0.270. The minimum absolute atomic E-state index is 0.270. The summed E-state index contributed by atoms with van der Waals surface area (Å²) in [5, 5.41) is 0. The molecule has 0 bridgehead atoms. The third kappa shape index (κ3) is 5.07. The van der Waals surface area contributed by atoms with Crippen molar-refractivity contribution in [3.63, 3.8) is 0 Å². The molecule has 0 radical (unpaired) electrons. The smallest absolute Gasteiger partial charge is 0.161 e. The highest BCUT2D eigenvalue weighted by atomic mass is 16.5. The summed E-state index contributed by atoms with van der Waals surface area (Å²) in [6.07, 6.45) is 3.36. The van der Waals surface area contributed by atoms with Gasteiger partial charge in [-0.1, -0.05) is 34.6 Å². The van der Waals surface area contributed by atoms with Crippen molar-refractivity contribution in [1.82, 2.24) is 0 Å². The summed E-state index contributed by atoms with van der Waals surface area (Å²) >= 11 is 0. The van der Waals surface area contributed by atoms with Gasteiger partial charge in [0.05, 0.1) is 14.2 Å². The van der Waals surface area contributed by atoms with Crippen molar-refractivity contribution >= 4 is 0 Å². The zero-order valence-electron chi connectivity index (χ0n) is 14.2. The highest BCUT2D eigenvalue weighted by molar-refractivity contribution is 5.47. The highest BCUT2D eigenvalue weighted by Gasteiger charge is 2.17. The molecule has 0 aliphatic rings. The molecule has 1 rings (SSSR count). The fourth-order valence-corrected chi connectivity index (χ4v) is 2.38. The summed E-state index contributed by atoms with van der Waals surface area (Å²) < 4.78 is 10.9. The van der Waals surface area contributed by atoms with E-state index in [1.807, 2.05) is 0 Å². The van der Waals surface area contributed by atoms with Gasteiger partial charge in [-0.05, 0) is 53.9 Å². The topological polar surface area (TPSA) is 18.5 Å². The molecule has 1 aromatic carbocycles. The van der Waals surface area contributed by atoms with Gasteiger partial charge in [0.2, 0.25) is 0 Å². The normalized spacial score (nSPS) is 11.8. The van der Waals surface area contributed by atoms with Gasteiger partial charge in [-0.25, -0.2) is 0 Å². The number of ether oxygens (including phenoxy) is 2. The van der Waals surface area contributed by atoms with Crippen molar-refractivity contribution in [2.75, 3.05) is 14.2 Å². The summed E-state index contributed by atoms with van der Waals surface area (Å²) in [4.78, 5) is 0. The van der Waals surface area contributed by atoms with Crippen molar-refractivity contribution < 1.29 is 9.47 Å². The second-order valence-corrected chi connectivity index (χ2v) is 7.15. The van der Waals surface area contributed by atoms with Crippen LogP contribution in [0.5, 0.6) is 11.5 Å². The molecule has 0 N–H and O–H groups in total. The predicted octanol–water partition coefficient (Wildman–Crippen LogP) is 4.88. The summed E-state index contributed by atoms with van der Waals surface area (Å²) in [7, 11) is 3.40. The molecule has 0 spiro atoms. The Labute approximate surface area is 124 Å². The summed E-state index contributed by atoms with van der Waals surface area (Å²) in [5.74, 6) is 2.38. The van der Waals surface area contributed by atoms with Crippen LogP contribution in [0.15, 0.2) is 12.1 Å². The lowest BCUT2D eigenvalue weighted by Crippen LogP contribution is -2.12. The summed E-state index contributed by atoms with van der Waals surface area (Å²) in [5.41, 5.74) is 3.05. The molecule has 20 heavy (non-hydrogen) atoms. The number of rotatable bonds is 6. The monoisotopic (exact) mass is 278 g/mol. The number of hydrogen-bond donors (Lipinski definition) is 0. The van der Waals surface area contributed by atoms with Gasteiger partial charge in [-0.3, -0.25) is 0 Å². The van der Waals surface area contributed by atoms with Crippen LogP contribution in [0.25, 0.3) is 0 Å². The van der Waals surface area contributed by atoms with E-state index in [1.54, 1.807) is 14.2 Å². The molecule has 0 amide bonds. The van der Waals surface area contributed by atoms with Gasteiger partial charge in [0.25, 0.3) is 0 Å². The molecular formula is C18H30O2. The predicted molar refractivity (Wildman–Crippen MR) is 85.9 cm³/mol. The summed E-state index contributed by atoms with van der Waals surface area (Å²) in [6, 6.07) is 4.31. The maximum absolute atomic E-state index is 5.45. The Hall–Kier alpha value is -1.18. The fourth-order valence-electron chi connectivity index (χ4n) is 2.38. The zero-order valence-corrected chi connectivity index (χ0v) is 14.2. The summed E-state index contributed by atoms with van der Waals surface area (Å²) in [6.45, 7) is 11.4. The van der Waals surface area contributed by atoms with Crippen LogP contribution in [0.2, 0.25) is 0 Å². The maximum atomic E-state index is 5.45. The SMILES string of the molecule is COc1cc(CCC(C)C)c(CC(C)(C)C)cc1OC. The molecule has 114 valence electrons. The van der Waals surface area contributed by atoms with Gasteiger partial charge in [0.1, 0.15) is 0 Å². The Morgan fingerprint density at radius 2 is 1.45 bits per heavy atom. The van der Waals surface area contributed by atoms with Crippen LogP contribution < -0.4 is 9.47 Å². The van der Waals surface area contributed by atoms with Gasteiger partial charge in [0, 0.05) is 0 Å². The Morgan fingerprint density at radius 1 is 0.950 bits per heavy atom. The lowest BCUT2D eigenvalue weighted by atomic mass is 9.84. The number of aryl methyl sites for hydroxylation is 1. The largest absolute Gasteiger partial charge is 0.493 e. The number of benzene rings is 1. The average Bonchev–Trinajstić information content (AvgIpc) is 2.34. The van der Waals surface area contributed by atoms with Gasteiger partial charge < -0.3 is 9.47 Å². The van der Waals surface area contributed by atoms with Crippen LogP contribution in [0.1, 0.15) is 52.2 Å². The standard InChI is InChI=1S/C18H30O2/c1-13(2)8-9-14-10-16(19-6)17(20-7)11-15(14)12-18(3,4)5/h10-11,13H,8-9,12H2,1-7H3. The second kappa shape index (κ2) is 7.01. The Kier molecular flexibility index (Phi) is 5.91. The van der Waals surface area contributed by atoms with Gasteiger partial charge in [-0.15, -0.1) is 0 Å². The molecule has 0 unspecified atom stereocenters. The van der Waals surface area contributed by atoms with Crippen molar-refractivity contribution in [1.29, 1.82) is 0 Å². The molecule has 0 fully saturated rings. The van der Waals surface area contributed by atoms with Crippen LogP contribution in [0, 0.1) is 11.3 Å². The highest BCUT2D eigenvalue weighted by Crippen LogP contribution is 2.34. The lowest BCUT2D eigenvalue weighted by molar-refractivity contribution is 0.352. The van der Waals surface area contributed by atoms with Crippen LogP contribution in [-0.4, -0.2) is 14.2 Å². The minimum Gasteiger partial charge on any atom is -0.493 e. The van der Waals surface area contributed by atoms with E-state index >= 15 is 0 Å². The van der Waals surface area contributed by atoms with Crippen LogP contribution in [0.4, 0.5) is 0 Å². The van der Waals surface area contributed by atoms with E-state index in [-0.39, 0.29) is 5.41 Å². The molecular weight excluding hydrogens is 248 g/mol. The third-order valence-corrected chi connectivity index (χ3v) is 3.42. The van der Waals surface area contributed by atoms with Crippen molar-refractivity contribution in [2.24, 2.45) is 11.3 Å². The molecule has 0 aliphatic carbocycles. The van der Waals surface area contributed by atoms with Gasteiger partial charge in [-0.2, -0.15) is 0 Å². The van der Waals surface area contributed by atoms with E-state index in [0.29, 0.717) is 5.92 Å². The van der Waals surface area contributed by atoms with Crippen LogP contribution >= 0.6 is 0 Å². The Bertz CT molecular complexity index is 428. The van der Waals surface area contributed by atoms with Crippen LogP contribution in [0.3, 0.4) is 0 Å². The molecule has 0 heterocycles. The number of methoxy groups -OCH3 is 2. The van der Waals surface area contributed by atoms with Crippen molar-refractivity contribution in [3.05, 3.63) is 23.3 Å². The molecule has 0 atom stereocenters. The first kappa shape index (κ1) is 16.9. The first-order valence-corrected chi connectivity index (χ1v) is 7.50. The van der Waals surface area contributed by atoms with Gasteiger partial charge >= 0.3 is 0 Å². The first-order chi connectivity index (χ1) is 9.26. The zero-order chi connectivity index (χ0) is 15.3. The number of hydrogen-bond acceptors (Lipinski definition) is 2. The maximum Gasteiger partial charge on any atom is 0.161 e. The van der Waals surface area contributed by atoms with E-state index in [4.69, 9.17) is 9.47 Å². The van der Waals surface area contributed by atoms with E-state index in [0.717, 1.165) is 24.3 Å². The molecule has 0 aliphatic heterocycles. The molecule has 0 saturated carbocycles. The van der Waals surface area contributed by atoms with E-state index < -0.39 is 0 Å². The molecule has 0 saturated heterocycles. The Morgan fingerprint density at radius 3 is 1.85 bits per heavy atom. The van der Waals surface area contributed by atoms with E-state index in [1.165, 1.54) is 17.5 Å². The molecule has 0 aromatic heterocycles. The lowest BCUT2D eigenvalue weighted by Gasteiger charge is -2.22. The third-order valence-electron chi connectivity index (χ3n) is 3.42. The Balaban J connectivity index is 3.14. The van der Waals surface area contributed by atoms with E-state index in [9.17, 15) is 0 Å². The van der Waals surface area contributed by atoms with Crippen molar-refractivity contribution in [3.8, 4) is 11.5 Å². The van der Waals surface area contributed by atoms with E-state index in [2.05, 4.69) is 46.8 Å². The van der Waals surface area contributed by atoms with Crippen molar-refractivity contribution in [2.45, 2.75) is 53.9 Å². The second-order valence-electron chi connectivity index (χ2n) is 7.15. The van der Waals surface area contributed by atoms with Gasteiger partial charge in [0.15, 0.2) is 11.5 Å². The molecule has 2 heteroatoms. The average molecular weight is 278 g/mol. The molecule has 2 nitrogen and oxygen atoms in total. The first-order valence-electron chi connectivity index (χ1n) is 7.50. The molecule has 1 aromatic rings. The van der Waals surface area contributed by atoms with Crippen LogP contribution in [-0.2, 0) is 12.8 Å². The fraction of sp³-hybridized carbons (Fsp3) is 0.667.